The minimum Gasteiger partial charge on any atom is -0.497 e. The van der Waals surface area contributed by atoms with Gasteiger partial charge in [-0.1, -0.05) is 29.8 Å². The molecule has 1 aliphatic rings. The van der Waals surface area contributed by atoms with E-state index in [2.05, 4.69) is 9.97 Å². The van der Waals surface area contributed by atoms with Crippen molar-refractivity contribution in [1.29, 1.82) is 0 Å². The Hall–Kier alpha value is -2.77. The van der Waals surface area contributed by atoms with Crippen molar-refractivity contribution in [3.8, 4) is 17.1 Å². The van der Waals surface area contributed by atoms with Crippen molar-refractivity contribution < 1.29 is 13.2 Å². The number of ether oxygens (including phenoxy) is 1. The summed E-state index contributed by atoms with van der Waals surface area (Å²) < 4.78 is 32.5. The maximum absolute atomic E-state index is 12.9. The van der Waals surface area contributed by atoms with E-state index < -0.39 is 10.0 Å². The van der Waals surface area contributed by atoms with Gasteiger partial charge in [-0.2, -0.15) is 4.31 Å². The Bertz CT molecular complexity index is 1110. The highest BCUT2D eigenvalue weighted by molar-refractivity contribution is 7.88. The van der Waals surface area contributed by atoms with Gasteiger partial charge >= 0.3 is 0 Å². The Morgan fingerprint density at radius 1 is 1.07 bits per heavy atom. The smallest absolute Gasteiger partial charge is 0.218 e. The molecule has 7 heteroatoms. The summed E-state index contributed by atoms with van der Waals surface area (Å²) in [5, 5.41) is 0. The van der Waals surface area contributed by atoms with Gasteiger partial charge in [-0.15, -0.1) is 0 Å². The predicted octanol–water partition coefficient (Wildman–Crippen LogP) is 3.35. The monoisotopic (exact) mass is 409 g/mol. The SMILES string of the molecule is COc1ccc(-c2ncc3c(n2)CCN(S(=O)(=O)Cc2ccc(C)cc2)C3)cc1. The summed E-state index contributed by atoms with van der Waals surface area (Å²) in [6.45, 7) is 2.73. The summed E-state index contributed by atoms with van der Waals surface area (Å²) in [5.74, 6) is 1.43. The zero-order valence-corrected chi connectivity index (χ0v) is 17.3. The standard InChI is InChI=1S/C22H23N3O3S/c1-16-3-5-17(6-4-16)15-29(26,27)25-12-11-21-19(14-25)13-23-22(24-21)18-7-9-20(28-2)10-8-18/h3-10,13H,11-12,14-15H2,1-2H3. The lowest BCUT2D eigenvalue weighted by Crippen LogP contribution is -2.37. The van der Waals surface area contributed by atoms with Gasteiger partial charge in [-0.25, -0.2) is 18.4 Å². The van der Waals surface area contributed by atoms with Crippen LogP contribution >= 0.6 is 0 Å². The molecule has 0 fully saturated rings. The van der Waals surface area contributed by atoms with Crippen LogP contribution < -0.4 is 4.74 Å². The quantitative estimate of drug-likeness (QED) is 0.646. The van der Waals surface area contributed by atoms with Crippen LogP contribution in [0.25, 0.3) is 11.4 Å². The van der Waals surface area contributed by atoms with Crippen LogP contribution in [-0.2, 0) is 28.7 Å². The third kappa shape index (κ3) is 4.31. The van der Waals surface area contributed by atoms with Crippen molar-refractivity contribution in [3.05, 3.63) is 77.1 Å². The number of benzene rings is 2. The molecule has 0 bridgehead atoms. The number of aryl methyl sites for hydroxylation is 1. The second kappa shape index (κ2) is 7.93. The van der Waals surface area contributed by atoms with Crippen LogP contribution in [0.1, 0.15) is 22.4 Å². The summed E-state index contributed by atoms with van der Waals surface area (Å²) in [6, 6.07) is 15.2. The van der Waals surface area contributed by atoms with Crippen molar-refractivity contribution in [3.63, 3.8) is 0 Å². The molecule has 29 heavy (non-hydrogen) atoms. The average molecular weight is 410 g/mol. The molecule has 0 spiro atoms. The number of nitrogens with zero attached hydrogens (tertiary/aromatic N) is 3. The first-order chi connectivity index (χ1) is 13.9. The molecule has 6 nitrogen and oxygen atoms in total. The van der Waals surface area contributed by atoms with E-state index in [0.29, 0.717) is 25.3 Å². The van der Waals surface area contributed by atoms with Crippen molar-refractivity contribution in [2.24, 2.45) is 0 Å². The fourth-order valence-corrected chi connectivity index (χ4v) is 4.89. The van der Waals surface area contributed by atoms with Crippen LogP contribution in [0.5, 0.6) is 5.75 Å². The molecule has 0 radical (unpaired) electrons. The predicted molar refractivity (Wildman–Crippen MR) is 112 cm³/mol. The summed E-state index contributed by atoms with van der Waals surface area (Å²) in [6.07, 6.45) is 2.32. The number of methoxy groups -OCH3 is 1. The molecule has 0 N–H and O–H groups in total. The molecule has 3 aromatic rings. The van der Waals surface area contributed by atoms with Gasteiger partial charge in [0.15, 0.2) is 5.82 Å². The van der Waals surface area contributed by atoms with Gasteiger partial charge in [-0.3, -0.25) is 0 Å². The highest BCUT2D eigenvalue weighted by Gasteiger charge is 2.28. The van der Waals surface area contributed by atoms with Crippen LogP contribution in [0.4, 0.5) is 0 Å². The molecule has 0 amide bonds. The topological polar surface area (TPSA) is 72.4 Å². The van der Waals surface area contributed by atoms with Crippen LogP contribution in [0.15, 0.2) is 54.7 Å². The first-order valence-electron chi connectivity index (χ1n) is 9.47. The first kappa shape index (κ1) is 19.5. The van der Waals surface area contributed by atoms with E-state index in [9.17, 15) is 8.42 Å². The third-order valence-electron chi connectivity index (χ3n) is 5.11. The average Bonchev–Trinajstić information content (AvgIpc) is 2.74. The van der Waals surface area contributed by atoms with Gasteiger partial charge in [0.25, 0.3) is 0 Å². The zero-order valence-electron chi connectivity index (χ0n) is 16.5. The van der Waals surface area contributed by atoms with Crippen LogP contribution in [-0.4, -0.2) is 36.3 Å². The molecule has 1 aromatic heterocycles. The summed E-state index contributed by atoms with van der Waals surface area (Å²) >= 11 is 0. The number of rotatable bonds is 5. The van der Waals surface area contributed by atoms with Crippen molar-refractivity contribution >= 4 is 10.0 Å². The molecule has 150 valence electrons. The minimum absolute atomic E-state index is 0.00734. The Balaban J connectivity index is 1.51. The summed E-state index contributed by atoms with van der Waals surface area (Å²) in [7, 11) is -1.77. The van der Waals surface area contributed by atoms with E-state index in [1.165, 1.54) is 4.31 Å². The lowest BCUT2D eigenvalue weighted by Gasteiger charge is -2.27. The highest BCUT2D eigenvalue weighted by Crippen LogP contribution is 2.25. The molecule has 0 saturated carbocycles. The Labute approximate surface area is 171 Å². The molecule has 0 saturated heterocycles. The lowest BCUT2D eigenvalue weighted by molar-refractivity contribution is 0.386. The summed E-state index contributed by atoms with van der Waals surface area (Å²) in [5.41, 5.74) is 4.59. The molecule has 0 aliphatic carbocycles. The number of hydrogen-bond donors (Lipinski definition) is 0. The fourth-order valence-electron chi connectivity index (χ4n) is 3.39. The minimum atomic E-state index is -3.40. The van der Waals surface area contributed by atoms with E-state index >= 15 is 0 Å². The van der Waals surface area contributed by atoms with Crippen molar-refractivity contribution in [2.75, 3.05) is 13.7 Å². The van der Waals surface area contributed by atoms with E-state index in [4.69, 9.17) is 4.74 Å². The van der Waals surface area contributed by atoms with Gasteiger partial charge in [0.1, 0.15) is 5.75 Å². The zero-order chi connectivity index (χ0) is 20.4. The largest absolute Gasteiger partial charge is 0.497 e. The van der Waals surface area contributed by atoms with E-state index in [1.54, 1.807) is 13.3 Å². The molecule has 0 atom stereocenters. The van der Waals surface area contributed by atoms with Gasteiger partial charge < -0.3 is 4.74 Å². The molecule has 1 aliphatic heterocycles. The Morgan fingerprint density at radius 3 is 2.48 bits per heavy atom. The number of aromatic nitrogens is 2. The number of fused-ring (bicyclic) bond motifs is 1. The van der Waals surface area contributed by atoms with Crippen LogP contribution in [0.2, 0.25) is 0 Å². The molecular weight excluding hydrogens is 386 g/mol. The van der Waals surface area contributed by atoms with E-state index in [-0.39, 0.29) is 5.75 Å². The van der Waals surface area contributed by atoms with E-state index in [1.807, 2.05) is 55.5 Å². The van der Waals surface area contributed by atoms with E-state index in [0.717, 1.165) is 33.7 Å². The molecular formula is C22H23N3O3S. The van der Waals surface area contributed by atoms with Gasteiger partial charge in [-0.05, 0) is 36.8 Å². The van der Waals surface area contributed by atoms with Crippen molar-refractivity contribution in [1.82, 2.24) is 14.3 Å². The molecule has 0 unspecified atom stereocenters. The first-order valence-corrected chi connectivity index (χ1v) is 11.1. The van der Waals surface area contributed by atoms with Crippen molar-refractivity contribution in [2.45, 2.75) is 25.6 Å². The van der Waals surface area contributed by atoms with Gasteiger partial charge in [0.05, 0.1) is 18.6 Å². The number of sulfonamides is 1. The van der Waals surface area contributed by atoms with Gasteiger partial charge in [0, 0.05) is 36.8 Å². The Morgan fingerprint density at radius 2 is 1.79 bits per heavy atom. The normalized spacial score (nSPS) is 14.4. The maximum atomic E-state index is 12.9. The second-order valence-electron chi connectivity index (χ2n) is 7.22. The molecule has 4 rings (SSSR count). The molecule has 2 heterocycles. The van der Waals surface area contributed by atoms with Crippen LogP contribution in [0, 0.1) is 6.92 Å². The second-order valence-corrected chi connectivity index (χ2v) is 9.19. The van der Waals surface area contributed by atoms with Gasteiger partial charge in [0.2, 0.25) is 10.0 Å². The number of hydrogen-bond acceptors (Lipinski definition) is 5. The van der Waals surface area contributed by atoms with Crippen LogP contribution in [0.3, 0.4) is 0 Å². The highest BCUT2D eigenvalue weighted by atomic mass is 32.2. The Kier molecular flexibility index (Phi) is 5.34. The lowest BCUT2D eigenvalue weighted by atomic mass is 10.1. The maximum Gasteiger partial charge on any atom is 0.218 e. The third-order valence-corrected chi connectivity index (χ3v) is 6.91. The summed E-state index contributed by atoms with van der Waals surface area (Å²) in [4.78, 5) is 9.13. The molecule has 2 aromatic carbocycles. The fraction of sp³-hybridized carbons (Fsp3) is 0.273.